The normalized spacial score (nSPS) is 22.1. The zero-order valence-corrected chi connectivity index (χ0v) is 10.4. The number of nitrogens with one attached hydrogen (secondary N) is 1. The highest BCUT2D eigenvalue weighted by Crippen LogP contribution is 2.48. The molecule has 1 heterocycles. The van der Waals surface area contributed by atoms with Gasteiger partial charge in [-0.25, -0.2) is 4.98 Å². The van der Waals surface area contributed by atoms with Gasteiger partial charge in [-0.05, 0) is 43.4 Å². The van der Waals surface area contributed by atoms with Crippen molar-refractivity contribution >= 4 is 11.0 Å². The Kier molecular flexibility index (Phi) is 2.10. The van der Waals surface area contributed by atoms with Gasteiger partial charge in [0.1, 0.15) is 5.82 Å². The lowest BCUT2D eigenvalue weighted by Crippen LogP contribution is -2.11. The molecule has 2 N–H and O–H groups in total. The number of hydrogen-bond donors (Lipinski definition) is 2. The van der Waals surface area contributed by atoms with Crippen LogP contribution < -0.4 is 0 Å². The monoisotopic (exact) mass is 242 g/mol. The van der Waals surface area contributed by atoms with Crippen molar-refractivity contribution in [2.45, 2.75) is 43.4 Å². The highest BCUT2D eigenvalue weighted by Gasteiger charge is 2.43. The van der Waals surface area contributed by atoms with Crippen LogP contribution in [0.5, 0.6) is 0 Å². The van der Waals surface area contributed by atoms with Crippen molar-refractivity contribution in [3.8, 4) is 0 Å². The minimum Gasteiger partial charge on any atom is -0.395 e. The van der Waals surface area contributed by atoms with E-state index in [-0.39, 0.29) is 12.0 Å². The molecule has 3 heteroatoms. The van der Waals surface area contributed by atoms with Crippen LogP contribution in [0.3, 0.4) is 0 Å². The van der Waals surface area contributed by atoms with E-state index in [1.807, 2.05) is 0 Å². The van der Waals surface area contributed by atoms with Crippen molar-refractivity contribution < 1.29 is 5.11 Å². The van der Waals surface area contributed by atoms with E-state index >= 15 is 0 Å². The summed E-state index contributed by atoms with van der Waals surface area (Å²) in [6.45, 7) is 0.266. The number of hydrogen-bond acceptors (Lipinski definition) is 2. The minimum atomic E-state index is 0.0515. The summed E-state index contributed by atoms with van der Waals surface area (Å²) in [7, 11) is 0. The molecule has 0 atom stereocenters. The van der Waals surface area contributed by atoms with E-state index in [1.165, 1.54) is 24.8 Å². The van der Waals surface area contributed by atoms with Gasteiger partial charge in [-0.15, -0.1) is 0 Å². The number of aromatic nitrogens is 2. The van der Waals surface area contributed by atoms with Crippen LogP contribution in [-0.2, 0) is 5.41 Å². The maximum atomic E-state index is 9.50. The Bertz CT molecular complexity index is 594. The summed E-state index contributed by atoms with van der Waals surface area (Å²) >= 11 is 0. The van der Waals surface area contributed by atoms with E-state index in [4.69, 9.17) is 0 Å². The Labute approximate surface area is 106 Å². The molecule has 0 spiro atoms. The molecule has 2 saturated carbocycles. The first-order valence-electron chi connectivity index (χ1n) is 6.92. The van der Waals surface area contributed by atoms with Gasteiger partial charge >= 0.3 is 0 Å². The number of aliphatic hydroxyl groups excluding tert-OH is 1. The first-order chi connectivity index (χ1) is 8.81. The number of rotatable bonds is 3. The summed E-state index contributed by atoms with van der Waals surface area (Å²) in [5.74, 6) is 1.80. The van der Waals surface area contributed by atoms with Crippen LogP contribution in [0.2, 0.25) is 0 Å². The molecule has 2 aliphatic rings. The van der Waals surface area contributed by atoms with Gasteiger partial charge in [0.15, 0.2) is 0 Å². The average molecular weight is 242 g/mol. The van der Waals surface area contributed by atoms with Crippen molar-refractivity contribution in [2.75, 3.05) is 6.61 Å². The zero-order chi connectivity index (χ0) is 12.2. The smallest absolute Gasteiger partial charge is 0.110 e. The molecule has 2 aliphatic carbocycles. The lowest BCUT2D eigenvalue weighted by Gasteiger charge is -2.22. The standard InChI is InChI=1S/C15H18N2O/c18-9-15(6-7-15)11-4-5-12-13(8-11)17-14(16-12)10-2-1-3-10/h4-5,8,10,18H,1-3,6-7,9H2,(H,16,17). The largest absolute Gasteiger partial charge is 0.395 e. The first kappa shape index (κ1) is 10.6. The zero-order valence-electron chi connectivity index (χ0n) is 10.4. The van der Waals surface area contributed by atoms with Gasteiger partial charge in [0, 0.05) is 11.3 Å². The molecule has 18 heavy (non-hydrogen) atoms. The van der Waals surface area contributed by atoms with Crippen molar-refractivity contribution in [2.24, 2.45) is 0 Å². The summed E-state index contributed by atoms with van der Waals surface area (Å²) in [5, 5.41) is 9.50. The van der Waals surface area contributed by atoms with Crippen LogP contribution in [0.4, 0.5) is 0 Å². The fraction of sp³-hybridized carbons (Fsp3) is 0.533. The predicted octanol–water partition coefficient (Wildman–Crippen LogP) is 2.85. The maximum absolute atomic E-state index is 9.50. The van der Waals surface area contributed by atoms with Gasteiger partial charge in [-0.3, -0.25) is 0 Å². The molecule has 1 aromatic heterocycles. The van der Waals surface area contributed by atoms with Gasteiger partial charge < -0.3 is 10.1 Å². The molecular formula is C15H18N2O. The molecule has 4 rings (SSSR count). The van der Waals surface area contributed by atoms with Crippen molar-refractivity contribution in [1.29, 1.82) is 0 Å². The summed E-state index contributed by atoms with van der Waals surface area (Å²) in [6.07, 6.45) is 6.10. The quantitative estimate of drug-likeness (QED) is 0.869. The van der Waals surface area contributed by atoms with E-state index < -0.39 is 0 Å². The highest BCUT2D eigenvalue weighted by molar-refractivity contribution is 5.76. The van der Waals surface area contributed by atoms with Crippen molar-refractivity contribution in [3.63, 3.8) is 0 Å². The molecule has 3 nitrogen and oxygen atoms in total. The van der Waals surface area contributed by atoms with E-state index in [2.05, 4.69) is 28.2 Å². The third-order valence-electron chi connectivity index (χ3n) is 4.76. The molecule has 0 radical (unpaired) electrons. The van der Waals surface area contributed by atoms with Crippen LogP contribution >= 0.6 is 0 Å². The topological polar surface area (TPSA) is 48.9 Å². The van der Waals surface area contributed by atoms with E-state index in [0.29, 0.717) is 5.92 Å². The summed E-state index contributed by atoms with van der Waals surface area (Å²) in [6, 6.07) is 6.42. The number of aromatic amines is 1. The predicted molar refractivity (Wildman–Crippen MR) is 70.7 cm³/mol. The van der Waals surface area contributed by atoms with Crippen LogP contribution in [0.25, 0.3) is 11.0 Å². The SMILES string of the molecule is OCC1(c2ccc3nc(C4CCC4)[nH]c3c2)CC1. The maximum Gasteiger partial charge on any atom is 0.110 e. The van der Waals surface area contributed by atoms with E-state index in [1.54, 1.807) is 0 Å². The van der Waals surface area contributed by atoms with Gasteiger partial charge in [0.05, 0.1) is 17.6 Å². The molecule has 0 unspecified atom stereocenters. The van der Waals surface area contributed by atoms with Gasteiger partial charge in [0.25, 0.3) is 0 Å². The Balaban J connectivity index is 1.75. The second-order valence-corrected chi connectivity index (χ2v) is 5.92. The molecule has 0 bridgehead atoms. The Morgan fingerprint density at radius 3 is 2.78 bits per heavy atom. The van der Waals surface area contributed by atoms with Crippen LogP contribution in [0.15, 0.2) is 18.2 Å². The average Bonchev–Trinajstić information content (AvgIpc) is 3.01. The Hall–Kier alpha value is -1.35. The van der Waals surface area contributed by atoms with Gasteiger partial charge in [-0.2, -0.15) is 0 Å². The molecule has 1 aromatic carbocycles. The number of H-pyrrole nitrogens is 1. The minimum absolute atomic E-state index is 0.0515. The highest BCUT2D eigenvalue weighted by atomic mass is 16.3. The van der Waals surface area contributed by atoms with Crippen LogP contribution in [0, 0.1) is 0 Å². The Morgan fingerprint density at radius 1 is 1.33 bits per heavy atom. The van der Waals surface area contributed by atoms with Gasteiger partial charge in [-0.1, -0.05) is 12.5 Å². The fourth-order valence-electron chi connectivity index (χ4n) is 2.92. The molecule has 0 saturated heterocycles. The lowest BCUT2D eigenvalue weighted by atomic mass is 9.85. The second kappa shape index (κ2) is 3.58. The number of fused-ring (bicyclic) bond motifs is 1. The van der Waals surface area contributed by atoms with E-state index in [0.717, 1.165) is 29.7 Å². The number of benzene rings is 1. The molecule has 2 aromatic rings. The van der Waals surface area contributed by atoms with E-state index in [9.17, 15) is 5.11 Å². The van der Waals surface area contributed by atoms with Crippen LogP contribution in [-0.4, -0.2) is 21.7 Å². The second-order valence-electron chi connectivity index (χ2n) is 5.92. The molecular weight excluding hydrogens is 224 g/mol. The molecule has 2 fully saturated rings. The summed E-state index contributed by atoms with van der Waals surface area (Å²) in [5.41, 5.74) is 3.51. The summed E-state index contributed by atoms with van der Waals surface area (Å²) in [4.78, 5) is 8.16. The molecule has 0 aliphatic heterocycles. The van der Waals surface area contributed by atoms with Gasteiger partial charge in [0.2, 0.25) is 0 Å². The molecule has 94 valence electrons. The molecule has 0 amide bonds. The van der Waals surface area contributed by atoms with Crippen molar-refractivity contribution in [3.05, 3.63) is 29.6 Å². The third kappa shape index (κ3) is 1.43. The summed E-state index contributed by atoms with van der Waals surface area (Å²) < 4.78 is 0. The number of imidazole rings is 1. The first-order valence-corrected chi connectivity index (χ1v) is 6.92. The number of aliphatic hydroxyl groups is 1. The lowest BCUT2D eigenvalue weighted by molar-refractivity contribution is 0.255. The number of nitrogens with zero attached hydrogens (tertiary/aromatic N) is 1. The fourth-order valence-corrected chi connectivity index (χ4v) is 2.92. The third-order valence-corrected chi connectivity index (χ3v) is 4.76. The van der Waals surface area contributed by atoms with Crippen LogP contribution in [0.1, 0.15) is 49.4 Å². The Morgan fingerprint density at radius 2 is 2.17 bits per heavy atom. The van der Waals surface area contributed by atoms with Crippen molar-refractivity contribution in [1.82, 2.24) is 9.97 Å².